The maximum absolute atomic E-state index is 13.7. The minimum Gasteiger partial charge on any atom is -0.402 e. The van der Waals surface area contributed by atoms with Crippen molar-refractivity contribution in [2.75, 3.05) is 0 Å². The van der Waals surface area contributed by atoms with Crippen molar-refractivity contribution in [3.05, 3.63) is 76.5 Å². The van der Waals surface area contributed by atoms with Crippen molar-refractivity contribution in [1.82, 2.24) is 0 Å². The zero-order valence-electron chi connectivity index (χ0n) is 11.6. The summed E-state index contributed by atoms with van der Waals surface area (Å²) in [6.45, 7) is 1.95. The fourth-order valence-electron chi connectivity index (χ4n) is 2.01. The zero-order valence-corrected chi connectivity index (χ0v) is 11.6. The summed E-state index contributed by atoms with van der Waals surface area (Å²) in [6.07, 6.45) is 1.55. The van der Waals surface area contributed by atoms with Crippen LogP contribution in [0.4, 0.5) is 8.78 Å². The van der Waals surface area contributed by atoms with Crippen LogP contribution in [0.3, 0.4) is 0 Å². The number of halogens is 2. The highest BCUT2D eigenvalue weighted by Crippen LogP contribution is 2.21. The molecule has 0 radical (unpaired) electrons. The second-order valence-electron chi connectivity index (χ2n) is 4.87. The van der Waals surface area contributed by atoms with Gasteiger partial charge in [0, 0.05) is 6.07 Å². The molecule has 0 N–H and O–H groups in total. The first-order chi connectivity index (χ1) is 10.5. The lowest BCUT2D eigenvalue weighted by Crippen LogP contribution is -2.07. The molecule has 2 aromatic rings. The Morgan fingerprint density at radius 2 is 1.82 bits per heavy atom. The number of hydrogen-bond acceptors (Lipinski definition) is 3. The highest BCUT2D eigenvalue weighted by Gasteiger charge is 2.26. The molecule has 2 aromatic carbocycles. The Hall–Kier alpha value is -2.82. The lowest BCUT2D eigenvalue weighted by Gasteiger charge is -2.00. The molecule has 0 aromatic heterocycles. The van der Waals surface area contributed by atoms with Gasteiger partial charge in [0.2, 0.25) is 5.90 Å². The van der Waals surface area contributed by atoms with Crippen molar-refractivity contribution in [3.63, 3.8) is 0 Å². The van der Waals surface area contributed by atoms with Gasteiger partial charge in [0.25, 0.3) is 0 Å². The van der Waals surface area contributed by atoms with Gasteiger partial charge in [0.05, 0.1) is 5.56 Å². The molecule has 0 aliphatic carbocycles. The Kier molecular flexibility index (Phi) is 3.55. The van der Waals surface area contributed by atoms with Crippen molar-refractivity contribution in [3.8, 4) is 0 Å². The van der Waals surface area contributed by atoms with Gasteiger partial charge in [-0.25, -0.2) is 18.6 Å². The molecule has 0 unspecified atom stereocenters. The number of carbonyl (C=O) groups excluding carboxylic acids is 1. The number of benzene rings is 2. The van der Waals surface area contributed by atoms with E-state index in [1.165, 1.54) is 6.07 Å². The van der Waals surface area contributed by atoms with Gasteiger partial charge in [-0.1, -0.05) is 29.8 Å². The smallest absolute Gasteiger partial charge is 0.363 e. The number of cyclic esters (lactones) is 1. The molecule has 1 heterocycles. The van der Waals surface area contributed by atoms with Crippen molar-refractivity contribution >= 4 is 17.9 Å². The molecular weight excluding hydrogens is 288 g/mol. The summed E-state index contributed by atoms with van der Waals surface area (Å²) < 4.78 is 31.6. The third-order valence-corrected chi connectivity index (χ3v) is 3.16. The van der Waals surface area contributed by atoms with Gasteiger partial charge in [-0.15, -0.1) is 0 Å². The van der Waals surface area contributed by atoms with E-state index < -0.39 is 17.6 Å². The molecule has 1 aliphatic rings. The van der Waals surface area contributed by atoms with E-state index in [-0.39, 0.29) is 17.2 Å². The van der Waals surface area contributed by atoms with Crippen molar-refractivity contribution < 1.29 is 18.3 Å². The third kappa shape index (κ3) is 2.79. The van der Waals surface area contributed by atoms with Crippen LogP contribution >= 0.6 is 0 Å². The molecule has 0 fully saturated rings. The van der Waals surface area contributed by atoms with Gasteiger partial charge in [-0.3, -0.25) is 0 Å². The van der Waals surface area contributed by atoms with Crippen LogP contribution in [0.25, 0.3) is 6.08 Å². The van der Waals surface area contributed by atoms with E-state index in [1.54, 1.807) is 6.08 Å². The van der Waals surface area contributed by atoms with E-state index in [2.05, 4.69) is 4.99 Å². The van der Waals surface area contributed by atoms with Crippen LogP contribution in [0.5, 0.6) is 0 Å². The molecule has 0 atom stereocenters. The van der Waals surface area contributed by atoms with Gasteiger partial charge >= 0.3 is 5.97 Å². The average molecular weight is 299 g/mol. The topological polar surface area (TPSA) is 38.7 Å². The van der Waals surface area contributed by atoms with Gasteiger partial charge in [-0.2, -0.15) is 0 Å². The fourth-order valence-corrected chi connectivity index (χ4v) is 2.01. The molecule has 3 rings (SSSR count). The first-order valence-corrected chi connectivity index (χ1v) is 6.57. The van der Waals surface area contributed by atoms with Crippen LogP contribution in [0.2, 0.25) is 0 Å². The Morgan fingerprint density at radius 1 is 1.09 bits per heavy atom. The summed E-state index contributed by atoms with van der Waals surface area (Å²) in [5, 5.41) is 0. The van der Waals surface area contributed by atoms with E-state index in [9.17, 15) is 13.6 Å². The number of aryl methyl sites for hydroxylation is 1. The maximum Gasteiger partial charge on any atom is 0.363 e. The maximum atomic E-state index is 13.7. The molecule has 0 amide bonds. The van der Waals surface area contributed by atoms with Crippen LogP contribution in [-0.4, -0.2) is 11.9 Å². The molecule has 0 bridgehead atoms. The first kappa shape index (κ1) is 14.1. The zero-order chi connectivity index (χ0) is 15.7. The largest absolute Gasteiger partial charge is 0.402 e. The predicted molar refractivity (Wildman–Crippen MR) is 78.1 cm³/mol. The molecule has 110 valence electrons. The summed E-state index contributed by atoms with van der Waals surface area (Å²) in [6, 6.07) is 10.5. The Bertz CT molecular complexity index is 808. The lowest BCUT2D eigenvalue weighted by molar-refractivity contribution is -0.129. The molecule has 1 aliphatic heterocycles. The number of esters is 1. The van der Waals surface area contributed by atoms with Gasteiger partial charge in [-0.05, 0) is 30.7 Å². The molecule has 3 nitrogen and oxygen atoms in total. The van der Waals surface area contributed by atoms with E-state index in [1.807, 2.05) is 31.2 Å². The fraction of sp³-hybridized carbons (Fsp3) is 0.0588. The molecular formula is C17H11F2NO2. The van der Waals surface area contributed by atoms with Crippen LogP contribution in [-0.2, 0) is 9.53 Å². The summed E-state index contributed by atoms with van der Waals surface area (Å²) in [4.78, 5) is 15.8. The number of rotatable bonds is 2. The molecule has 0 saturated carbocycles. The van der Waals surface area contributed by atoms with E-state index >= 15 is 0 Å². The van der Waals surface area contributed by atoms with Crippen molar-refractivity contribution in [1.29, 1.82) is 0 Å². The number of hydrogen-bond donors (Lipinski definition) is 0. The second-order valence-corrected chi connectivity index (χ2v) is 4.87. The Balaban J connectivity index is 1.96. The normalized spacial score (nSPS) is 15.9. The SMILES string of the molecule is Cc1ccc(/C=C2\N=C(c3ccc(F)cc3F)OC2=O)cc1. The van der Waals surface area contributed by atoms with E-state index in [0.717, 1.165) is 17.2 Å². The van der Waals surface area contributed by atoms with E-state index in [0.29, 0.717) is 6.07 Å². The van der Waals surface area contributed by atoms with Crippen molar-refractivity contribution in [2.24, 2.45) is 4.99 Å². The van der Waals surface area contributed by atoms with E-state index in [4.69, 9.17) is 4.74 Å². The third-order valence-electron chi connectivity index (χ3n) is 3.16. The monoisotopic (exact) mass is 299 g/mol. The molecule has 5 heteroatoms. The van der Waals surface area contributed by atoms with Crippen LogP contribution in [0, 0.1) is 18.6 Å². The Morgan fingerprint density at radius 3 is 2.50 bits per heavy atom. The summed E-state index contributed by atoms with van der Waals surface area (Å²) in [5.74, 6) is -2.37. The molecule has 0 spiro atoms. The molecule has 0 saturated heterocycles. The standard InChI is InChI=1S/C17H11F2NO2/c1-10-2-4-11(5-3-10)8-15-17(21)22-16(20-15)13-7-6-12(18)9-14(13)19/h2-9H,1H3/b15-8-. The van der Waals surface area contributed by atoms with Gasteiger partial charge in [0.15, 0.2) is 5.70 Å². The van der Waals surface area contributed by atoms with Crippen molar-refractivity contribution in [2.45, 2.75) is 6.92 Å². The lowest BCUT2D eigenvalue weighted by atomic mass is 10.1. The Labute approximate surface area is 125 Å². The van der Waals surface area contributed by atoms with Crippen LogP contribution < -0.4 is 0 Å². The van der Waals surface area contributed by atoms with Gasteiger partial charge in [0.1, 0.15) is 11.6 Å². The highest BCUT2D eigenvalue weighted by molar-refractivity contribution is 6.12. The highest BCUT2D eigenvalue weighted by atomic mass is 19.1. The summed E-state index contributed by atoms with van der Waals surface area (Å²) in [5.41, 5.74) is 1.89. The molecule has 22 heavy (non-hydrogen) atoms. The minimum atomic E-state index is -0.830. The summed E-state index contributed by atoms with van der Waals surface area (Å²) in [7, 11) is 0. The second kappa shape index (κ2) is 5.52. The predicted octanol–water partition coefficient (Wildman–Crippen LogP) is 3.62. The number of carbonyl (C=O) groups is 1. The summed E-state index contributed by atoms with van der Waals surface area (Å²) >= 11 is 0. The van der Waals surface area contributed by atoms with Gasteiger partial charge < -0.3 is 4.74 Å². The number of nitrogens with zero attached hydrogens (tertiary/aromatic N) is 1. The first-order valence-electron chi connectivity index (χ1n) is 6.57. The average Bonchev–Trinajstić information content (AvgIpc) is 2.82. The quantitative estimate of drug-likeness (QED) is 0.627. The van der Waals surface area contributed by atoms with Crippen LogP contribution in [0.1, 0.15) is 16.7 Å². The number of aliphatic imine (C=N–C) groups is 1. The van der Waals surface area contributed by atoms with Crippen LogP contribution in [0.15, 0.2) is 53.2 Å². The number of ether oxygens (including phenoxy) is 1. The minimum absolute atomic E-state index is 0.0537.